The number of carbonyl (C=O) groups is 1. The number of nitrogens with one attached hydrogen (secondary N) is 1. The van der Waals surface area contributed by atoms with Crippen molar-refractivity contribution < 1.29 is 19.0 Å². The molecule has 1 aromatic carbocycles. The van der Waals surface area contributed by atoms with Crippen LogP contribution in [0.3, 0.4) is 0 Å². The Bertz CT molecular complexity index is 954. The van der Waals surface area contributed by atoms with Gasteiger partial charge in [0.1, 0.15) is 11.2 Å². The molecule has 1 N–H and O–H groups in total. The monoisotopic (exact) mass is 412 g/mol. The van der Waals surface area contributed by atoms with Gasteiger partial charge in [-0.3, -0.25) is 9.69 Å². The number of nitrogens with zero attached hydrogens (tertiary/aromatic N) is 1. The first-order valence-electron chi connectivity index (χ1n) is 11.2. The van der Waals surface area contributed by atoms with E-state index in [0.717, 1.165) is 55.9 Å². The van der Waals surface area contributed by atoms with E-state index < -0.39 is 5.41 Å². The number of aromatic amines is 1. The maximum atomic E-state index is 13.7. The van der Waals surface area contributed by atoms with E-state index in [1.807, 2.05) is 13.0 Å². The molecule has 5 atom stereocenters. The fraction of sp³-hybridized carbons (Fsp3) is 0.625. The Morgan fingerprint density at radius 2 is 2.20 bits per heavy atom. The minimum atomic E-state index is -0.631. The average Bonchev–Trinajstić information content (AvgIpc) is 3.09. The lowest BCUT2D eigenvalue weighted by molar-refractivity contribution is -0.165. The summed E-state index contributed by atoms with van der Waals surface area (Å²) >= 11 is 0. The molecule has 162 valence electrons. The van der Waals surface area contributed by atoms with Crippen molar-refractivity contribution >= 4 is 16.9 Å². The molecular formula is C24H32N2O4. The number of aromatic nitrogens is 1. The molecule has 0 radical (unpaired) electrons. The lowest BCUT2D eigenvalue weighted by atomic mass is 9.56. The summed E-state index contributed by atoms with van der Waals surface area (Å²) in [6, 6.07) is 6.32. The second kappa shape index (κ2) is 7.57. The summed E-state index contributed by atoms with van der Waals surface area (Å²) in [4.78, 5) is 20.0. The average molecular weight is 413 g/mol. The number of hydrogen-bond donors (Lipinski definition) is 1. The van der Waals surface area contributed by atoms with E-state index in [1.54, 1.807) is 14.2 Å². The third kappa shape index (κ3) is 2.80. The largest absolute Gasteiger partial charge is 0.497 e. The molecule has 4 aliphatic rings. The molecule has 4 bridgehead atoms. The van der Waals surface area contributed by atoms with Gasteiger partial charge in [0.2, 0.25) is 0 Å². The Kier molecular flexibility index (Phi) is 5.02. The van der Waals surface area contributed by atoms with Crippen molar-refractivity contribution in [3.8, 4) is 5.75 Å². The molecule has 6 heteroatoms. The molecule has 4 unspecified atom stereocenters. The van der Waals surface area contributed by atoms with Gasteiger partial charge in [-0.2, -0.15) is 0 Å². The molecular weight excluding hydrogens is 380 g/mol. The fourth-order valence-corrected chi connectivity index (χ4v) is 6.65. The van der Waals surface area contributed by atoms with Crippen LogP contribution in [0.1, 0.15) is 37.4 Å². The van der Waals surface area contributed by atoms with E-state index in [1.165, 1.54) is 17.4 Å². The summed E-state index contributed by atoms with van der Waals surface area (Å²) in [5.74, 6) is 1.73. The van der Waals surface area contributed by atoms with Crippen LogP contribution in [0.4, 0.5) is 0 Å². The predicted molar refractivity (Wildman–Crippen MR) is 115 cm³/mol. The lowest BCUT2D eigenvalue weighted by Gasteiger charge is -2.58. The van der Waals surface area contributed by atoms with E-state index >= 15 is 0 Å². The van der Waals surface area contributed by atoms with Gasteiger partial charge >= 0.3 is 5.97 Å². The van der Waals surface area contributed by atoms with Crippen LogP contribution < -0.4 is 4.74 Å². The Morgan fingerprint density at radius 1 is 1.33 bits per heavy atom. The van der Waals surface area contributed by atoms with Crippen molar-refractivity contribution in [2.45, 2.75) is 44.1 Å². The normalized spacial score (nSPS) is 32.0. The highest BCUT2D eigenvalue weighted by Gasteiger charge is 2.63. The first-order chi connectivity index (χ1) is 14.6. The molecule has 1 aliphatic carbocycles. The number of methoxy groups -OCH3 is 2. The Balaban J connectivity index is 1.71. The molecule has 0 spiro atoms. The molecule has 0 amide bonds. The Labute approximate surface area is 177 Å². The molecule has 1 saturated carbocycles. The zero-order valence-corrected chi connectivity index (χ0v) is 18.2. The van der Waals surface area contributed by atoms with Crippen molar-refractivity contribution in [1.29, 1.82) is 0 Å². The highest BCUT2D eigenvalue weighted by atomic mass is 16.5. The lowest BCUT2D eigenvalue weighted by Crippen LogP contribution is -2.67. The minimum absolute atomic E-state index is 0.0616. The van der Waals surface area contributed by atoms with E-state index in [-0.39, 0.29) is 12.0 Å². The fourth-order valence-electron chi connectivity index (χ4n) is 6.65. The van der Waals surface area contributed by atoms with Gasteiger partial charge in [-0.1, -0.05) is 0 Å². The maximum absolute atomic E-state index is 13.7. The van der Waals surface area contributed by atoms with Crippen LogP contribution in [0.2, 0.25) is 0 Å². The van der Waals surface area contributed by atoms with Gasteiger partial charge in [0.15, 0.2) is 0 Å². The number of H-pyrrole nitrogens is 1. The molecule has 2 aromatic rings. The second-order valence-corrected chi connectivity index (χ2v) is 9.12. The predicted octanol–water partition coefficient (Wildman–Crippen LogP) is 3.28. The summed E-state index contributed by atoms with van der Waals surface area (Å²) in [5, 5.41) is 1.17. The van der Waals surface area contributed by atoms with Crippen molar-refractivity contribution in [2.24, 2.45) is 11.8 Å². The van der Waals surface area contributed by atoms with Crippen molar-refractivity contribution in [2.75, 3.05) is 40.5 Å². The zero-order valence-electron chi connectivity index (χ0n) is 18.2. The SMILES string of the molecule is CCOC(=O)C12C[C@H]3CC(CCOC)C1N(CCc1c2[nH]c2ccc(OC)cc12)C3. The summed E-state index contributed by atoms with van der Waals surface area (Å²) < 4.78 is 16.7. The zero-order chi connectivity index (χ0) is 20.9. The number of rotatable bonds is 6. The van der Waals surface area contributed by atoms with Gasteiger partial charge < -0.3 is 19.2 Å². The van der Waals surface area contributed by atoms with Gasteiger partial charge in [-0.05, 0) is 68.2 Å². The molecule has 4 heterocycles. The number of fused-ring (bicyclic) bond motifs is 4. The van der Waals surface area contributed by atoms with Crippen molar-refractivity contribution in [1.82, 2.24) is 9.88 Å². The number of esters is 1. The van der Waals surface area contributed by atoms with Gasteiger partial charge in [-0.15, -0.1) is 0 Å². The number of piperidine rings is 2. The second-order valence-electron chi connectivity index (χ2n) is 9.12. The van der Waals surface area contributed by atoms with Crippen LogP contribution >= 0.6 is 0 Å². The maximum Gasteiger partial charge on any atom is 0.319 e. The number of carbonyl (C=O) groups excluding carboxylic acids is 1. The Hall–Kier alpha value is -2.05. The van der Waals surface area contributed by atoms with Crippen LogP contribution in [-0.2, 0) is 26.1 Å². The molecule has 30 heavy (non-hydrogen) atoms. The standard InChI is InChI=1S/C24H32N2O4/c1-4-30-23(27)24-13-15-11-16(8-10-28-2)22(24)26(14-15)9-7-18-19-12-17(29-3)5-6-20(19)25-21(18)24/h5-6,12,15-16,22,25H,4,7-11,13-14H2,1-3H3/t15-,16?,22?,24?/m1/s1. The summed E-state index contributed by atoms with van der Waals surface area (Å²) in [6.45, 7) is 5.11. The highest BCUT2D eigenvalue weighted by Crippen LogP contribution is 2.55. The summed E-state index contributed by atoms with van der Waals surface area (Å²) in [7, 11) is 3.46. The van der Waals surface area contributed by atoms with Crippen molar-refractivity contribution in [3.05, 3.63) is 29.5 Å². The summed E-state index contributed by atoms with van der Waals surface area (Å²) in [6.07, 6.45) is 3.96. The van der Waals surface area contributed by atoms with Gasteiger partial charge in [0.05, 0.1) is 13.7 Å². The summed E-state index contributed by atoms with van der Waals surface area (Å²) in [5.41, 5.74) is 2.79. The van der Waals surface area contributed by atoms with Crippen molar-refractivity contribution in [3.63, 3.8) is 0 Å². The molecule has 6 nitrogen and oxygen atoms in total. The van der Waals surface area contributed by atoms with Crippen LogP contribution in [0.5, 0.6) is 5.75 Å². The number of hydrogen-bond acceptors (Lipinski definition) is 5. The molecule has 3 fully saturated rings. The van der Waals surface area contributed by atoms with E-state index in [4.69, 9.17) is 14.2 Å². The highest BCUT2D eigenvalue weighted by molar-refractivity contribution is 5.92. The van der Waals surface area contributed by atoms with E-state index in [2.05, 4.69) is 22.0 Å². The molecule has 3 aliphatic heterocycles. The first kappa shape index (κ1) is 19.9. The van der Waals surface area contributed by atoms with E-state index in [0.29, 0.717) is 18.4 Å². The quantitative estimate of drug-likeness (QED) is 0.738. The molecule has 6 rings (SSSR count). The van der Waals surface area contributed by atoms with Crippen LogP contribution in [-0.4, -0.2) is 62.4 Å². The van der Waals surface area contributed by atoms with Gasteiger partial charge in [0.25, 0.3) is 0 Å². The Morgan fingerprint density at radius 3 is 2.97 bits per heavy atom. The first-order valence-corrected chi connectivity index (χ1v) is 11.2. The minimum Gasteiger partial charge on any atom is -0.497 e. The van der Waals surface area contributed by atoms with Gasteiger partial charge in [0, 0.05) is 49.4 Å². The number of benzene rings is 1. The molecule has 2 saturated heterocycles. The van der Waals surface area contributed by atoms with Crippen LogP contribution in [0.25, 0.3) is 10.9 Å². The molecule has 1 aromatic heterocycles. The third-order valence-corrected chi connectivity index (χ3v) is 7.63. The van der Waals surface area contributed by atoms with Crippen LogP contribution in [0, 0.1) is 11.8 Å². The van der Waals surface area contributed by atoms with E-state index in [9.17, 15) is 4.79 Å². The number of ether oxygens (including phenoxy) is 3. The van der Waals surface area contributed by atoms with Crippen LogP contribution in [0.15, 0.2) is 18.2 Å². The van der Waals surface area contributed by atoms with Gasteiger partial charge in [-0.25, -0.2) is 0 Å². The smallest absolute Gasteiger partial charge is 0.319 e. The third-order valence-electron chi connectivity index (χ3n) is 7.63. The topological polar surface area (TPSA) is 63.8 Å².